The molecule has 0 saturated carbocycles. The number of nitrogens with one attached hydrogen (secondary N) is 1. The van der Waals surface area contributed by atoms with Gasteiger partial charge < -0.3 is 5.32 Å². The lowest BCUT2D eigenvalue weighted by Crippen LogP contribution is -2.10. The molecule has 27 heavy (non-hydrogen) atoms. The maximum Gasteiger partial charge on any atom is 0.416 e. The molecule has 0 atom stereocenters. The third-order valence-electron chi connectivity index (χ3n) is 3.86. The molecule has 3 nitrogen and oxygen atoms in total. The van der Waals surface area contributed by atoms with E-state index in [-0.39, 0.29) is 23.3 Å². The molecule has 0 fully saturated rings. The van der Waals surface area contributed by atoms with E-state index in [2.05, 4.69) is 15.3 Å². The zero-order valence-corrected chi connectivity index (χ0v) is 13.7. The summed E-state index contributed by atoms with van der Waals surface area (Å²) < 4.78 is 77.1. The van der Waals surface area contributed by atoms with Crippen molar-refractivity contribution in [1.82, 2.24) is 9.97 Å². The summed E-state index contributed by atoms with van der Waals surface area (Å²) in [5, 5.41) is 3.07. The summed E-state index contributed by atoms with van der Waals surface area (Å²) in [6, 6.07) is 8.14. The van der Waals surface area contributed by atoms with Gasteiger partial charge in [-0.05, 0) is 42.3 Å². The molecule has 1 aromatic heterocycles. The summed E-state index contributed by atoms with van der Waals surface area (Å²) in [6.45, 7) is 0.205. The number of hydrogen-bond donors (Lipinski definition) is 1. The molecule has 1 N–H and O–H groups in total. The molecule has 0 spiro atoms. The fourth-order valence-electron chi connectivity index (χ4n) is 2.54. The van der Waals surface area contributed by atoms with Gasteiger partial charge in [0.15, 0.2) is 5.82 Å². The first-order valence-electron chi connectivity index (χ1n) is 7.89. The van der Waals surface area contributed by atoms with Gasteiger partial charge in [0, 0.05) is 11.9 Å². The van der Waals surface area contributed by atoms with Gasteiger partial charge >= 0.3 is 6.18 Å². The Labute approximate surface area is 150 Å². The Balaban J connectivity index is 1.77. The van der Waals surface area contributed by atoms with E-state index >= 15 is 0 Å². The lowest BCUT2D eigenvalue weighted by molar-refractivity contribution is -0.137. The van der Waals surface area contributed by atoms with Crippen molar-refractivity contribution in [2.75, 3.05) is 11.9 Å². The Hall–Kier alpha value is -2.84. The lowest BCUT2D eigenvalue weighted by atomic mass is 10.1. The molecule has 3 aromatic rings. The molecule has 0 aliphatic carbocycles. The number of rotatable bonds is 5. The number of hydrogen-bond acceptors (Lipinski definition) is 3. The van der Waals surface area contributed by atoms with E-state index in [1.807, 2.05) is 0 Å². The highest BCUT2D eigenvalue weighted by Gasteiger charge is 2.29. The summed E-state index contributed by atoms with van der Waals surface area (Å²) in [4.78, 5) is 7.43. The largest absolute Gasteiger partial charge is 0.416 e. The van der Waals surface area contributed by atoms with Crippen molar-refractivity contribution in [1.29, 1.82) is 0 Å². The van der Waals surface area contributed by atoms with Crippen LogP contribution in [0.3, 0.4) is 0 Å². The molecule has 0 saturated heterocycles. The normalized spacial score (nSPS) is 12.0. The SMILES string of the molecule is Fc1ccc2nc(C(F)F)nc(NCCc3ccc(C(F)(F)F)cc3)c2c1. The minimum Gasteiger partial charge on any atom is -0.369 e. The van der Waals surface area contributed by atoms with Crippen LogP contribution in [-0.2, 0) is 12.6 Å². The van der Waals surface area contributed by atoms with E-state index in [0.717, 1.165) is 24.3 Å². The second-order valence-corrected chi connectivity index (χ2v) is 5.76. The van der Waals surface area contributed by atoms with Gasteiger partial charge in [-0.3, -0.25) is 0 Å². The molecule has 3 rings (SSSR count). The molecular formula is C18H13F6N3. The van der Waals surface area contributed by atoms with Gasteiger partial charge in [-0.15, -0.1) is 0 Å². The van der Waals surface area contributed by atoms with Gasteiger partial charge in [0.1, 0.15) is 11.6 Å². The number of halogens is 6. The number of anilines is 1. The van der Waals surface area contributed by atoms with Crippen molar-refractivity contribution >= 4 is 16.7 Å². The van der Waals surface area contributed by atoms with Crippen LogP contribution < -0.4 is 5.32 Å². The van der Waals surface area contributed by atoms with Crippen LogP contribution in [0.4, 0.5) is 32.2 Å². The molecule has 9 heteroatoms. The van der Waals surface area contributed by atoms with E-state index in [9.17, 15) is 26.3 Å². The van der Waals surface area contributed by atoms with Gasteiger partial charge in [0.05, 0.1) is 11.1 Å². The number of aromatic nitrogens is 2. The molecular weight excluding hydrogens is 372 g/mol. The standard InChI is InChI=1S/C18H13F6N3/c19-12-5-6-14-13(9-12)16(27-17(26-14)15(20)21)25-8-7-10-1-3-11(4-2-10)18(22,23)24/h1-6,9,15H,7-8H2,(H,25,26,27). The summed E-state index contributed by atoms with van der Waals surface area (Å²) in [5.41, 5.74) is 0.0332. The molecule has 0 aliphatic rings. The second kappa shape index (κ2) is 7.42. The summed E-state index contributed by atoms with van der Waals surface area (Å²) in [6.07, 6.45) is -6.98. The fraction of sp³-hybridized carbons (Fsp3) is 0.222. The van der Waals surface area contributed by atoms with Crippen LogP contribution in [-0.4, -0.2) is 16.5 Å². The highest BCUT2D eigenvalue weighted by atomic mass is 19.4. The second-order valence-electron chi connectivity index (χ2n) is 5.76. The average Bonchev–Trinajstić information content (AvgIpc) is 2.61. The minimum absolute atomic E-state index is 0.0433. The van der Waals surface area contributed by atoms with Gasteiger partial charge in [0.2, 0.25) is 0 Å². The fourth-order valence-corrected chi connectivity index (χ4v) is 2.54. The first-order chi connectivity index (χ1) is 12.7. The molecule has 0 radical (unpaired) electrons. The van der Waals surface area contributed by atoms with Gasteiger partial charge in [-0.2, -0.15) is 13.2 Å². The smallest absolute Gasteiger partial charge is 0.369 e. The Morgan fingerprint density at radius 1 is 0.963 bits per heavy atom. The van der Waals surface area contributed by atoms with Crippen LogP contribution in [0.1, 0.15) is 23.4 Å². The zero-order chi connectivity index (χ0) is 19.6. The quantitative estimate of drug-likeness (QED) is 0.600. The Bertz CT molecular complexity index is 938. The van der Waals surface area contributed by atoms with Crippen molar-refractivity contribution in [2.45, 2.75) is 19.0 Å². The molecule has 0 amide bonds. The minimum atomic E-state index is -4.41. The van der Waals surface area contributed by atoms with E-state index in [0.29, 0.717) is 12.0 Å². The third-order valence-corrected chi connectivity index (χ3v) is 3.86. The molecule has 0 bridgehead atoms. The Kier molecular flexibility index (Phi) is 5.20. The van der Waals surface area contributed by atoms with E-state index in [1.54, 1.807) is 0 Å². The van der Waals surface area contributed by atoms with Crippen LogP contribution in [0.25, 0.3) is 10.9 Å². The number of benzene rings is 2. The highest BCUT2D eigenvalue weighted by molar-refractivity contribution is 5.89. The molecule has 0 aliphatic heterocycles. The molecule has 142 valence electrons. The van der Waals surface area contributed by atoms with Gasteiger partial charge in [-0.1, -0.05) is 12.1 Å². The van der Waals surface area contributed by atoms with Crippen molar-refractivity contribution < 1.29 is 26.3 Å². The maximum absolute atomic E-state index is 13.5. The van der Waals surface area contributed by atoms with Crippen molar-refractivity contribution in [3.05, 3.63) is 65.2 Å². The molecule has 2 aromatic carbocycles. The van der Waals surface area contributed by atoms with Crippen molar-refractivity contribution in [3.63, 3.8) is 0 Å². The van der Waals surface area contributed by atoms with Gasteiger partial charge in [-0.25, -0.2) is 23.1 Å². The van der Waals surface area contributed by atoms with Crippen LogP contribution in [0.15, 0.2) is 42.5 Å². The number of fused-ring (bicyclic) bond motifs is 1. The maximum atomic E-state index is 13.5. The van der Waals surface area contributed by atoms with Crippen molar-refractivity contribution in [3.8, 4) is 0 Å². The van der Waals surface area contributed by atoms with Crippen LogP contribution in [0.2, 0.25) is 0 Å². The third kappa shape index (κ3) is 4.47. The van der Waals surface area contributed by atoms with E-state index < -0.39 is 29.8 Å². The van der Waals surface area contributed by atoms with Crippen molar-refractivity contribution in [2.24, 2.45) is 0 Å². The molecule has 0 unspecified atom stereocenters. The van der Waals surface area contributed by atoms with Crippen LogP contribution in [0.5, 0.6) is 0 Å². The van der Waals surface area contributed by atoms with E-state index in [4.69, 9.17) is 0 Å². The predicted molar refractivity (Wildman–Crippen MR) is 88.1 cm³/mol. The average molecular weight is 385 g/mol. The first kappa shape index (κ1) is 18.9. The Morgan fingerprint density at radius 3 is 2.30 bits per heavy atom. The predicted octanol–water partition coefficient (Wildman–Crippen LogP) is 5.38. The molecule has 1 heterocycles. The number of nitrogens with zero attached hydrogens (tertiary/aromatic N) is 2. The summed E-state index contributed by atoms with van der Waals surface area (Å²) in [7, 11) is 0. The van der Waals surface area contributed by atoms with Crippen LogP contribution >= 0.6 is 0 Å². The summed E-state index contributed by atoms with van der Waals surface area (Å²) >= 11 is 0. The topological polar surface area (TPSA) is 37.8 Å². The number of alkyl halides is 5. The zero-order valence-electron chi connectivity index (χ0n) is 13.7. The Morgan fingerprint density at radius 2 is 1.67 bits per heavy atom. The summed E-state index contributed by atoms with van der Waals surface area (Å²) in [5.74, 6) is -1.21. The van der Waals surface area contributed by atoms with Gasteiger partial charge in [0.25, 0.3) is 6.43 Å². The van der Waals surface area contributed by atoms with E-state index in [1.165, 1.54) is 18.2 Å². The monoisotopic (exact) mass is 385 g/mol. The highest BCUT2D eigenvalue weighted by Crippen LogP contribution is 2.29. The lowest BCUT2D eigenvalue weighted by Gasteiger charge is -2.11. The first-order valence-corrected chi connectivity index (χ1v) is 7.89. The van der Waals surface area contributed by atoms with Crippen LogP contribution in [0, 0.1) is 5.82 Å².